The van der Waals surface area contributed by atoms with Crippen molar-refractivity contribution < 1.29 is 0 Å². The highest BCUT2D eigenvalue weighted by molar-refractivity contribution is 4.95. The zero-order valence-electron chi connectivity index (χ0n) is 13.5. The predicted octanol–water partition coefficient (Wildman–Crippen LogP) is 2.37. The number of aromatic nitrogens is 2. The molecule has 118 valence electrons. The van der Waals surface area contributed by atoms with Gasteiger partial charge in [0, 0.05) is 50.7 Å². The van der Waals surface area contributed by atoms with E-state index in [1.54, 1.807) is 0 Å². The van der Waals surface area contributed by atoms with E-state index in [1.807, 2.05) is 12.5 Å². The normalized spacial score (nSPS) is 27.4. The number of piperazine rings is 1. The Morgan fingerprint density at radius 1 is 1.29 bits per heavy atom. The average molecular weight is 290 g/mol. The van der Waals surface area contributed by atoms with Crippen LogP contribution in [0.25, 0.3) is 0 Å². The van der Waals surface area contributed by atoms with Crippen LogP contribution in [0.15, 0.2) is 18.7 Å². The Hall–Kier alpha value is -0.870. The van der Waals surface area contributed by atoms with Crippen LogP contribution in [0, 0.1) is 11.8 Å². The summed E-state index contributed by atoms with van der Waals surface area (Å²) in [7, 11) is 0. The number of nitrogens with zero attached hydrogens (tertiary/aromatic N) is 3. The zero-order chi connectivity index (χ0) is 14.7. The molecule has 1 aromatic rings. The average Bonchev–Trinajstić information content (AvgIpc) is 3.15. The number of hydrogen-bond donors (Lipinski definition) is 1. The Morgan fingerprint density at radius 2 is 2.14 bits per heavy atom. The Morgan fingerprint density at radius 3 is 2.81 bits per heavy atom. The lowest BCUT2D eigenvalue weighted by molar-refractivity contribution is 0.105. The van der Waals surface area contributed by atoms with Gasteiger partial charge in [-0.3, -0.25) is 4.90 Å². The van der Waals surface area contributed by atoms with Gasteiger partial charge < -0.3 is 9.88 Å². The third-order valence-electron chi connectivity index (χ3n) is 4.88. The second-order valence-corrected chi connectivity index (χ2v) is 7.29. The van der Waals surface area contributed by atoms with Gasteiger partial charge in [-0.25, -0.2) is 4.98 Å². The van der Waals surface area contributed by atoms with Crippen LogP contribution in [0.2, 0.25) is 0 Å². The van der Waals surface area contributed by atoms with Gasteiger partial charge in [-0.1, -0.05) is 13.8 Å². The predicted molar refractivity (Wildman–Crippen MR) is 86.2 cm³/mol. The molecule has 4 heteroatoms. The molecule has 3 rings (SSSR count). The van der Waals surface area contributed by atoms with E-state index in [-0.39, 0.29) is 0 Å². The van der Waals surface area contributed by atoms with Crippen molar-refractivity contribution in [1.29, 1.82) is 0 Å². The molecule has 2 unspecified atom stereocenters. The highest BCUT2D eigenvalue weighted by Crippen LogP contribution is 2.36. The van der Waals surface area contributed by atoms with Crippen LogP contribution in [-0.4, -0.2) is 46.2 Å². The fourth-order valence-electron chi connectivity index (χ4n) is 3.70. The lowest BCUT2D eigenvalue weighted by atomic mass is 9.98. The van der Waals surface area contributed by atoms with Crippen molar-refractivity contribution in [1.82, 2.24) is 19.8 Å². The monoisotopic (exact) mass is 290 g/mol. The van der Waals surface area contributed by atoms with Crippen LogP contribution in [0.3, 0.4) is 0 Å². The van der Waals surface area contributed by atoms with E-state index in [0.717, 1.165) is 24.4 Å². The molecule has 0 bridgehead atoms. The topological polar surface area (TPSA) is 33.1 Å². The van der Waals surface area contributed by atoms with Crippen LogP contribution in [0.1, 0.15) is 39.5 Å². The van der Waals surface area contributed by atoms with Crippen molar-refractivity contribution in [2.75, 3.05) is 19.6 Å². The molecule has 2 aliphatic rings. The van der Waals surface area contributed by atoms with Crippen molar-refractivity contribution in [3.63, 3.8) is 0 Å². The molecule has 1 saturated carbocycles. The van der Waals surface area contributed by atoms with Crippen LogP contribution in [0.4, 0.5) is 0 Å². The quantitative estimate of drug-likeness (QED) is 0.837. The van der Waals surface area contributed by atoms with E-state index in [1.165, 1.54) is 45.3 Å². The molecular formula is C17H30N4. The molecule has 21 heavy (non-hydrogen) atoms. The molecule has 1 saturated heterocycles. The first-order valence-electron chi connectivity index (χ1n) is 8.65. The first-order chi connectivity index (χ1) is 10.2. The standard InChI is InChI=1S/C17H30N4/c1-14(2)10-16-12-21(17(11-19-16)15-4-5-15)8-3-7-20-9-6-18-13-20/h6,9,13-17,19H,3-5,7-8,10-12H2,1-2H3. The van der Waals surface area contributed by atoms with Gasteiger partial charge in [-0.15, -0.1) is 0 Å². The summed E-state index contributed by atoms with van der Waals surface area (Å²) >= 11 is 0. The highest BCUT2D eigenvalue weighted by Gasteiger charge is 2.38. The van der Waals surface area contributed by atoms with E-state index >= 15 is 0 Å². The minimum atomic E-state index is 0.688. The Labute approximate surface area is 128 Å². The molecule has 0 amide bonds. The molecular weight excluding hydrogens is 260 g/mol. The molecule has 0 radical (unpaired) electrons. The number of hydrogen-bond acceptors (Lipinski definition) is 3. The highest BCUT2D eigenvalue weighted by atomic mass is 15.2. The first-order valence-corrected chi connectivity index (χ1v) is 8.65. The van der Waals surface area contributed by atoms with Gasteiger partial charge in [0.2, 0.25) is 0 Å². The Kier molecular flexibility index (Phi) is 4.96. The smallest absolute Gasteiger partial charge is 0.0945 e. The van der Waals surface area contributed by atoms with Crippen molar-refractivity contribution >= 4 is 0 Å². The first kappa shape index (κ1) is 15.0. The Balaban J connectivity index is 1.50. The summed E-state index contributed by atoms with van der Waals surface area (Å²) in [5, 5.41) is 3.80. The summed E-state index contributed by atoms with van der Waals surface area (Å²) < 4.78 is 2.19. The number of imidazole rings is 1. The minimum absolute atomic E-state index is 0.688. The summed E-state index contributed by atoms with van der Waals surface area (Å²) in [6.07, 6.45) is 11.3. The third-order valence-corrected chi connectivity index (χ3v) is 4.88. The zero-order valence-corrected chi connectivity index (χ0v) is 13.5. The van der Waals surface area contributed by atoms with Crippen molar-refractivity contribution in [2.24, 2.45) is 11.8 Å². The summed E-state index contributed by atoms with van der Waals surface area (Å²) in [6, 6.07) is 1.48. The van der Waals surface area contributed by atoms with Gasteiger partial charge in [0.1, 0.15) is 0 Å². The van der Waals surface area contributed by atoms with Crippen LogP contribution >= 0.6 is 0 Å². The van der Waals surface area contributed by atoms with E-state index < -0.39 is 0 Å². The maximum absolute atomic E-state index is 4.12. The number of aryl methyl sites for hydroxylation is 1. The van der Waals surface area contributed by atoms with Crippen LogP contribution in [-0.2, 0) is 6.54 Å². The van der Waals surface area contributed by atoms with Gasteiger partial charge in [0.15, 0.2) is 0 Å². The molecule has 1 N–H and O–H groups in total. The fraction of sp³-hybridized carbons (Fsp3) is 0.824. The van der Waals surface area contributed by atoms with Crippen LogP contribution in [0.5, 0.6) is 0 Å². The molecule has 1 aliphatic carbocycles. The molecule has 0 spiro atoms. The molecule has 2 fully saturated rings. The lowest BCUT2D eigenvalue weighted by Crippen LogP contribution is -2.57. The minimum Gasteiger partial charge on any atom is -0.337 e. The van der Waals surface area contributed by atoms with Gasteiger partial charge in [-0.2, -0.15) is 0 Å². The SMILES string of the molecule is CC(C)CC1CN(CCCn2ccnc2)C(C2CC2)CN1. The second-order valence-electron chi connectivity index (χ2n) is 7.29. The molecule has 1 aromatic heterocycles. The third kappa shape index (κ3) is 4.30. The van der Waals surface area contributed by atoms with Gasteiger partial charge in [-0.05, 0) is 37.5 Å². The van der Waals surface area contributed by atoms with Crippen molar-refractivity contribution in [3.8, 4) is 0 Å². The van der Waals surface area contributed by atoms with Gasteiger partial charge in [0.05, 0.1) is 6.33 Å². The van der Waals surface area contributed by atoms with E-state index in [0.29, 0.717) is 6.04 Å². The molecule has 0 aromatic carbocycles. The summed E-state index contributed by atoms with van der Waals surface area (Å²) in [5.41, 5.74) is 0. The maximum Gasteiger partial charge on any atom is 0.0945 e. The van der Waals surface area contributed by atoms with Crippen molar-refractivity contribution in [3.05, 3.63) is 18.7 Å². The summed E-state index contributed by atoms with van der Waals surface area (Å²) in [6.45, 7) is 9.43. The lowest BCUT2D eigenvalue weighted by Gasteiger charge is -2.41. The number of nitrogens with one attached hydrogen (secondary N) is 1. The summed E-state index contributed by atoms with van der Waals surface area (Å²) in [5.74, 6) is 1.75. The van der Waals surface area contributed by atoms with Crippen molar-refractivity contribution in [2.45, 2.75) is 58.2 Å². The second kappa shape index (κ2) is 6.93. The molecule has 4 nitrogen and oxygen atoms in total. The maximum atomic E-state index is 4.12. The van der Waals surface area contributed by atoms with E-state index in [2.05, 4.69) is 39.8 Å². The van der Waals surface area contributed by atoms with Gasteiger partial charge in [0.25, 0.3) is 0 Å². The largest absolute Gasteiger partial charge is 0.337 e. The Bertz CT molecular complexity index is 410. The van der Waals surface area contributed by atoms with E-state index in [4.69, 9.17) is 0 Å². The van der Waals surface area contributed by atoms with Gasteiger partial charge >= 0.3 is 0 Å². The molecule has 2 atom stereocenters. The summed E-state index contributed by atoms with van der Waals surface area (Å²) in [4.78, 5) is 6.90. The van der Waals surface area contributed by atoms with E-state index in [9.17, 15) is 0 Å². The molecule has 1 aliphatic heterocycles. The molecule has 2 heterocycles. The van der Waals surface area contributed by atoms with Crippen LogP contribution < -0.4 is 5.32 Å². The number of rotatable bonds is 7. The fourth-order valence-corrected chi connectivity index (χ4v) is 3.70.